The number of carbonyl (C=O) groups is 2. The second-order valence-electron chi connectivity index (χ2n) is 7.82. The molecular weight excluding hydrogens is 326 g/mol. The summed E-state index contributed by atoms with van der Waals surface area (Å²) in [5.41, 5.74) is 1.73. The van der Waals surface area contributed by atoms with E-state index in [0.717, 1.165) is 43.7 Å². The summed E-state index contributed by atoms with van der Waals surface area (Å²) in [6.45, 7) is 6.24. The molecule has 0 atom stereocenters. The van der Waals surface area contributed by atoms with Crippen molar-refractivity contribution in [1.29, 1.82) is 0 Å². The molecule has 1 aliphatic carbocycles. The number of benzene rings is 1. The van der Waals surface area contributed by atoms with Gasteiger partial charge >= 0.3 is 0 Å². The molecule has 1 saturated carbocycles. The Kier molecular flexibility index (Phi) is 5.97. The van der Waals surface area contributed by atoms with Gasteiger partial charge in [0.15, 0.2) is 0 Å². The Bertz CT molecular complexity index is 633. The average molecular weight is 357 g/mol. The maximum Gasteiger partial charge on any atom is 0.251 e. The molecule has 0 bridgehead atoms. The fraction of sp³-hybridized carbons (Fsp3) is 0.619. The van der Waals surface area contributed by atoms with E-state index in [1.807, 2.05) is 31.2 Å². The normalized spacial score (nSPS) is 25.7. The fourth-order valence-electron chi connectivity index (χ4n) is 4.10. The summed E-state index contributed by atoms with van der Waals surface area (Å²) >= 11 is 0. The summed E-state index contributed by atoms with van der Waals surface area (Å²) in [5, 5.41) is 6.39. The molecule has 1 aromatic carbocycles. The molecule has 1 spiro atoms. The van der Waals surface area contributed by atoms with Crippen LogP contribution in [-0.4, -0.2) is 42.0 Å². The highest BCUT2D eigenvalue weighted by Crippen LogP contribution is 2.36. The minimum Gasteiger partial charge on any atom is -0.352 e. The lowest BCUT2D eigenvalue weighted by atomic mass is 9.82. The molecule has 5 nitrogen and oxygen atoms in total. The smallest absolute Gasteiger partial charge is 0.251 e. The zero-order chi connectivity index (χ0) is 18.6. The standard InChI is InChI=1S/C21H31N3O2/c1-3-13-22-20(26)18-6-4-17(5-7-18)10-14-24-19(25)15-23-21(24)11-8-16(2)9-12-21/h4-7,16,23H,3,8-15H2,1-2H3,(H,22,26). The van der Waals surface area contributed by atoms with Crippen LogP contribution in [-0.2, 0) is 11.2 Å². The molecule has 2 amide bonds. The van der Waals surface area contributed by atoms with Gasteiger partial charge in [0.1, 0.15) is 0 Å². The molecule has 1 aromatic rings. The lowest BCUT2D eigenvalue weighted by Crippen LogP contribution is -2.54. The first-order valence-electron chi connectivity index (χ1n) is 9.97. The minimum atomic E-state index is -0.121. The van der Waals surface area contributed by atoms with Crippen LogP contribution < -0.4 is 10.6 Å². The Morgan fingerprint density at radius 1 is 1.27 bits per heavy atom. The summed E-state index contributed by atoms with van der Waals surface area (Å²) in [5.74, 6) is 0.953. The SMILES string of the molecule is CCCNC(=O)c1ccc(CCN2C(=O)CNC23CCC(C)CC3)cc1. The van der Waals surface area contributed by atoms with Crippen LogP contribution in [0.3, 0.4) is 0 Å². The number of hydrogen-bond donors (Lipinski definition) is 2. The number of amides is 2. The maximum absolute atomic E-state index is 12.4. The molecule has 2 N–H and O–H groups in total. The first-order chi connectivity index (χ1) is 12.5. The summed E-state index contributed by atoms with van der Waals surface area (Å²) in [6, 6.07) is 7.76. The zero-order valence-corrected chi connectivity index (χ0v) is 16.0. The lowest BCUT2D eigenvalue weighted by Gasteiger charge is -2.43. The Morgan fingerprint density at radius 2 is 1.96 bits per heavy atom. The van der Waals surface area contributed by atoms with E-state index in [1.54, 1.807) is 0 Å². The third-order valence-corrected chi connectivity index (χ3v) is 5.86. The molecule has 5 heteroatoms. The van der Waals surface area contributed by atoms with E-state index in [-0.39, 0.29) is 17.5 Å². The van der Waals surface area contributed by atoms with Gasteiger partial charge in [0.05, 0.1) is 12.2 Å². The van der Waals surface area contributed by atoms with E-state index in [1.165, 1.54) is 12.8 Å². The van der Waals surface area contributed by atoms with E-state index in [2.05, 4.69) is 22.5 Å². The number of hydrogen-bond acceptors (Lipinski definition) is 3. The van der Waals surface area contributed by atoms with Crippen LogP contribution in [0.15, 0.2) is 24.3 Å². The molecule has 1 aliphatic heterocycles. The van der Waals surface area contributed by atoms with Crippen molar-refractivity contribution in [3.63, 3.8) is 0 Å². The van der Waals surface area contributed by atoms with Crippen LogP contribution in [0.25, 0.3) is 0 Å². The van der Waals surface area contributed by atoms with Crippen LogP contribution in [0, 0.1) is 5.92 Å². The van der Waals surface area contributed by atoms with Crippen molar-refractivity contribution < 1.29 is 9.59 Å². The van der Waals surface area contributed by atoms with Crippen molar-refractivity contribution in [2.75, 3.05) is 19.6 Å². The van der Waals surface area contributed by atoms with Crippen molar-refractivity contribution in [3.05, 3.63) is 35.4 Å². The number of carbonyl (C=O) groups excluding carboxylic acids is 2. The average Bonchev–Trinajstić information content (AvgIpc) is 2.96. The molecule has 0 aromatic heterocycles. The molecule has 1 saturated heterocycles. The molecule has 2 aliphatic rings. The second kappa shape index (κ2) is 8.21. The molecule has 26 heavy (non-hydrogen) atoms. The largest absolute Gasteiger partial charge is 0.352 e. The number of nitrogens with one attached hydrogen (secondary N) is 2. The Labute approximate surface area is 156 Å². The first-order valence-corrected chi connectivity index (χ1v) is 9.97. The van der Waals surface area contributed by atoms with Crippen LogP contribution in [0.2, 0.25) is 0 Å². The van der Waals surface area contributed by atoms with Crippen LogP contribution in [0.5, 0.6) is 0 Å². The topological polar surface area (TPSA) is 61.4 Å². The van der Waals surface area contributed by atoms with Gasteiger partial charge in [0, 0.05) is 18.7 Å². The predicted molar refractivity (Wildman–Crippen MR) is 103 cm³/mol. The van der Waals surface area contributed by atoms with Crippen molar-refractivity contribution in [2.24, 2.45) is 5.92 Å². The van der Waals surface area contributed by atoms with Crippen molar-refractivity contribution in [1.82, 2.24) is 15.5 Å². The van der Waals surface area contributed by atoms with Gasteiger partial charge in [-0.1, -0.05) is 26.0 Å². The third kappa shape index (κ3) is 4.09. The third-order valence-electron chi connectivity index (χ3n) is 5.86. The molecule has 0 radical (unpaired) electrons. The van der Waals surface area contributed by atoms with Gasteiger partial charge in [-0.15, -0.1) is 0 Å². The number of rotatable bonds is 6. The van der Waals surface area contributed by atoms with Gasteiger partial charge in [-0.2, -0.15) is 0 Å². The van der Waals surface area contributed by atoms with E-state index in [0.29, 0.717) is 18.7 Å². The Balaban J connectivity index is 1.59. The fourth-order valence-corrected chi connectivity index (χ4v) is 4.10. The maximum atomic E-state index is 12.4. The van der Waals surface area contributed by atoms with E-state index in [4.69, 9.17) is 0 Å². The highest BCUT2D eigenvalue weighted by molar-refractivity contribution is 5.94. The van der Waals surface area contributed by atoms with Crippen molar-refractivity contribution in [2.45, 2.75) is 58.0 Å². The van der Waals surface area contributed by atoms with Crippen LogP contribution >= 0.6 is 0 Å². The zero-order valence-electron chi connectivity index (χ0n) is 16.0. The molecule has 0 unspecified atom stereocenters. The monoisotopic (exact) mass is 357 g/mol. The number of nitrogens with zero attached hydrogens (tertiary/aromatic N) is 1. The predicted octanol–water partition coefficient (Wildman–Crippen LogP) is 2.71. The second-order valence-corrected chi connectivity index (χ2v) is 7.82. The summed E-state index contributed by atoms with van der Waals surface area (Å²) in [4.78, 5) is 26.5. The molecule has 3 rings (SSSR count). The summed E-state index contributed by atoms with van der Waals surface area (Å²) in [7, 11) is 0. The highest BCUT2D eigenvalue weighted by Gasteiger charge is 2.45. The van der Waals surface area contributed by atoms with Gasteiger partial charge in [0.25, 0.3) is 5.91 Å². The van der Waals surface area contributed by atoms with Gasteiger partial charge < -0.3 is 10.2 Å². The van der Waals surface area contributed by atoms with Crippen molar-refractivity contribution >= 4 is 11.8 Å². The van der Waals surface area contributed by atoms with Gasteiger partial charge in [0.2, 0.25) is 5.91 Å². The Hall–Kier alpha value is -1.88. The van der Waals surface area contributed by atoms with E-state index < -0.39 is 0 Å². The van der Waals surface area contributed by atoms with Gasteiger partial charge in [-0.05, 0) is 62.1 Å². The summed E-state index contributed by atoms with van der Waals surface area (Å²) in [6.07, 6.45) is 6.22. The quantitative estimate of drug-likeness (QED) is 0.823. The minimum absolute atomic E-state index is 0.0207. The molecule has 2 fully saturated rings. The van der Waals surface area contributed by atoms with Crippen molar-refractivity contribution in [3.8, 4) is 0 Å². The van der Waals surface area contributed by atoms with Gasteiger partial charge in [-0.3, -0.25) is 14.9 Å². The van der Waals surface area contributed by atoms with E-state index in [9.17, 15) is 9.59 Å². The molecule has 142 valence electrons. The van der Waals surface area contributed by atoms with Crippen LogP contribution in [0.4, 0.5) is 0 Å². The Morgan fingerprint density at radius 3 is 2.62 bits per heavy atom. The first kappa shape index (κ1) is 18.9. The van der Waals surface area contributed by atoms with Gasteiger partial charge in [-0.25, -0.2) is 0 Å². The highest BCUT2D eigenvalue weighted by atomic mass is 16.2. The lowest BCUT2D eigenvalue weighted by molar-refractivity contribution is -0.131. The summed E-state index contributed by atoms with van der Waals surface area (Å²) < 4.78 is 0. The molecule has 1 heterocycles. The molecular formula is C21H31N3O2. The van der Waals surface area contributed by atoms with Crippen LogP contribution in [0.1, 0.15) is 61.9 Å². The van der Waals surface area contributed by atoms with E-state index >= 15 is 0 Å².